The Morgan fingerprint density at radius 2 is 2.22 bits per heavy atom. The molecule has 1 aromatic heterocycles. The van der Waals surface area contributed by atoms with Gasteiger partial charge in [-0.1, -0.05) is 6.92 Å². The van der Waals surface area contributed by atoms with Crippen molar-refractivity contribution in [3.05, 3.63) is 5.56 Å². The zero-order valence-corrected chi connectivity index (χ0v) is 11.9. The van der Waals surface area contributed by atoms with E-state index in [-0.39, 0.29) is 5.91 Å². The van der Waals surface area contributed by atoms with Gasteiger partial charge in [-0.15, -0.1) is 0 Å². The minimum atomic E-state index is -0.151. The van der Waals surface area contributed by atoms with Gasteiger partial charge in [0.1, 0.15) is 10.6 Å². The van der Waals surface area contributed by atoms with Crippen LogP contribution < -0.4 is 16.0 Å². The lowest BCUT2D eigenvalue weighted by molar-refractivity contribution is 0.0964. The number of hydrogen-bond donors (Lipinski definition) is 2. The van der Waals surface area contributed by atoms with Gasteiger partial charge in [0.15, 0.2) is 5.82 Å². The molecule has 1 aliphatic rings. The fourth-order valence-electron chi connectivity index (χ4n) is 2.40. The van der Waals surface area contributed by atoms with Gasteiger partial charge in [0.2, 0.25) is 0 Å². The molecule has 2 heterocycles. The number of rotatable bonds is 2. The van der Waals surface area contributed by atoms with Gasteiger partial charge in [-0.2, -0.15) is 4.37 Å². The molecule has 6 heteroatoms. The maximum Gasteiger partial charge on any atom is 0.257 e. The number of nitrogens with two attached hydrogens (primary N) is 1. The zero-order valence-electron chi connectivity index (χ0n) is 11.1. The lowest BCUT2D eigenvalue weighted by atomic mass is 9.95. The first kappa shape index (κ1) is 13.1. The molecule has 1 saturated heterocycles. The number of aromatic nitrogens is 1. The number of carbonyl (C=O) groups is 1. The normalized spacial score (nSPS) is 24.1. The summed E-state index contributed by atoms with van der Waals surface area (Å²) in [5, 5.41) is 3.54. The van der Waals surface area contributed by atoms with E-state index in [1.54, 1.807) is 7.05 Å². The molecular formula is C12H20N4OS. The summed E-state index contributed by atoms with van der Waals surface area (Å²) >= 11 is 1.32. The maximum atomic E-state index is 11.9. The number of nitrogens with one attached hydrogen (secondary N) is 1. The molecule has 5 nitrogen and oxygen atoms in total. The molecule has 1 fully saturated rings. The van der Waals surface area contributed by atoms with Gasteiger partial charge in [-0.3, -0.25) is 4.79 Å². The molecule has 2 unspecified atom stereocenters. The van der Waals surface area contributed by atoms with Crippen molar-refractivity contribution in [1.82, 2.24) is 9.69 Å². The van der Waals surface area contributed by atoms with Gasteiger partial charge in [0, 0.05) is 19.6 Å². The number of anilines is 2. The largest absolute Gasteiger partial charge is 0.382 e. The summed E-state index contributed by atoms with van der Waals surface area (Å²) in [4.78, 5) is 14.2. The van der Waals surface area contributed by atoms with Gasteiger partial charge < -0.3 is 16.0 Å². The third-order valence-electron chi connectivity index (χ3n) is 3.53. The lowest BCUT2D eigenvalue weighted by Crippen LogP contribution is -2.41. The van der Waals surface area contributed by atoms with Crippen molar-refractivity contribution in [1.29, 1.82) is 0 Å². The highest BCUT2D eigenvalue weighted by Gasteiger charge is 2.29. The molecule has 0 spiro atoms. The summed E-state index contributed by atoms with van der Waals surface area (Å²) in [6.07, 6.45) is 2.38. The Morgan fingerprint density at radius 1 is 1.50 bits per heavy atom. The first-order valence-corrected chi connectivity index (χ1v) is 7.05. The third kappa shape index (κ3) is 2.29. The van der Waals surface area contributed by atoms with E-state index in [0.717, 1.165) is 18.0 Å². The van der Waals surface area contributed by atoms with Crippen LogP contribution in [0.5, 0.6) is 0 Å². The fraction of sp³-hybridized carbons (Fsp3) is 0.667. The molecule has 0 radical (unpaired) electrons. The number of nitrogens with zero attached hydrogens (tertiary/aromatic N) is 2. The van der Waals surface area contributed by atoms with Gasteiger partial charge >= 0.3 is 0 Å². The molecule has 0 saturated carbocycles. The number of nitrogen functional groups attached to an aromatic ring is 1. The smallest absolute Gasteiger partial charge is 0.257 e. The van der Waals surface area contributed by atoms with Crippen molar-refractivity contribution in [3.63, 3.8) is 0 Å². The van der Waals surface area contributed by atoms with E-state index < -0.39 is 0 Å². The molecule has 2 atom stereocenters. The van der Waals surface area contributed by atoms with E-state index in [2.05, 4.69) is 28.4 Å². The average Bonchev–Trinajstić information content (AvgIpc) is 2.73. The molecule has 0 bridgehead atoms. The second-order valence-electron chi connectivity index (χ2n) is 5.01. The zero-order chi connectivity index (χ0) is 13.3. The van der Waals surface area contributed by atoms with E-state index in [1.807, 2.05) is 0 Å². The van der Waals surface area contributed by atoms with Crippen LogP contribution >= 0.6 is 11.5 Å². The second-order valence-corrected chi connectivity index (χ2v) is 5.76. The Kier molecular flexibility index (Phi) is 3.75. The summed E-state index contributed by atoms with van der Waals surface area (Å²) in [6.45, 7) is 5.39. The Morgan fingerprint density at radius 3 is 2.89 bits per heavy atom. The summed E-state index contributed by atoms with van der Waals surface area (Å²) in [5.74, 6) is 0.823. The summed E-state index contributed by atoms with van der Waals surface area (Å²) in [5.41, 5.74) is 6.35. The molecule has 1 amide bonds. The van der Waals surface area contributed by atoms with Crippen molar-refractivity contribution < 1.29 is 4.79 Å². The predicted octanol–water partition coefficient (Wildman–Crippen LogP) is 1.71. The molecule has 3 N–H and O–H groups in total. The van der Waals surface area contributed by atoms with Crippen LogP contribution in [0.2, 0.25) is 0 Å². The Hall–Kier alpha value is -1.30. The predicted molar refractivity (Wildman–Crippen MR) is 75.1 cm³/mol. The van der Waals surface area contributed by atoms with Crippen LogP contribution in [0.25, 0.3) is 0 Å². The highest BCUT2D eigenvalue weighted by molar-refractivity contribution is 7.11. The summed E-state index contributed by atoms with van der Waals surface area (Å²) in [6, 6.07) is 0.435. The molecule has 100 valence electrons. The van der Waals surface area contributed by atoms with Crippen molar-refractivity contribution in [3.8, 4) is 0 Å². The Labute approximate surface area is 112 Å². The lowest BCUT2D eigenvalue weighted by Gasteiger charge is -2.37. The number of piperidine rings is 1. The van der Waals surface area contributed by atoms with Crippen LogP contribution in [0.3, 0.4) is 0 Å². The Bertz CT molecular complexity index is 445. The molecule has 0 aliphatic carbocycles. The quantitative estimate of drug-likeness (QED) is 0.856. The van der Waals surface area contributed by atoms with E-state index in [1.165, 1.54) is 18.0 Å². The standard InChI is InChI=1S/C12H20N4OS/c1-7-4-5-8(2)16(6-7)12-9(11(17)14-3)10(13)15-18-12/h7-8H,4-6H2,1-3H3,(H2,13,15)(H,14,17). The van der Waals surface area contributed by atoms with Crippen LogP contribution in [0.4, 0.5) is 10.8 Å². The average molecular weight is 268 g/mol. The van der Waals surface area contributed by atoms with E-state index in [9.17, 15) is 4.79 Å². The van der Waals surface area contributed by atoms with E-state index in [4.69, 9.17) is 5.73 Å². The molecule has 1 aromatic rings. The van der Waals surface area contributed by atoms with Gasteiger partial charge in [-0.05, 0) is 37.2 Å². The van der Waals surface area contributed by atoms with Crippen LogP contribution in [0, 0.1) is 5.92 Å². The van der Waals surface area contributed by atoms with E-state index in [0.29, 0.717) is 23.3 Å². The van der Waals surface area contributed by atoms with Crippen molar-refractivity contribution >= 4 is 28.3 Å². The third-order valence-corrected chi connectivity index (χ3v) is 4.43. The second kappa shape index (κ2) is 5.14. The highest BCUT2D eigenvalue weighted by atomic mass is 32.1. The van der Waals surface area contributed by atoms with Crippen molar-refractivity contribution in [2.75, 3.05) is 24.2 Å². The first-order chi connectivity index (χ1) is 8.54. The molecule has 18 heavy (non-hydrogen) atoms. The minimum Gasteiger partial charge on any atom is -0.382 e. The number of hydrogen-bond acceptors (Lipinski definition) is 5. The number of carbonyl (C=O) groups excluding carboxylic acids is 1. The highest BCUT2D eigenvalue weighted by Crippen LogP contribution is 2.35. The van der Waals surface area contributed by atoms with Crippen LogP contribution in [0.15, 0.2) is 0 Å². The van der Waals surface area contributed by atoms with Crippen LogP contribution in [-0.4, -0.2) is 29.9 Å². The Balaban J connectivity index is 2.35. The van der Waals surface area contributed by atoms with Crippen LogP contribution in [0.1, 0.15) is 37.0 Å². The maximum absolute atomic E-state index is 11.9. The van der Waals surface area contributed by atoms with E-state index >= 15 is 0 Å². The van der Waals surface area contributed by atoms with Crippen molar-refractivity contribution in [2.24, 2.45) is 5.92 Å². The molecule has 0 aromatic carbocycles. The molecular weight excluding hydrogens is 248 g/mol. The summed E-state index contributed by atoms with van der Waals surface area (Å²) in [7, 11) is 1.62. The van der Waals surface area contributed by atoms with Gasteiger partial charge in [0.25, 0.3) is 5.91 Å². The fourth-order valence-corrected chi connectivity index (χ4v) is 3.32. The molecule has 1 aliphatic heterocycles. The minimum absolute atomic E-state index is 0.151. The first-order valence-electron chi connectivity index (χ1n) is 6.28. The monoisotopic (exact) mass is 268 g/mol. The van der Waals surface area contributed by atoms with Gasteiger partial charge in [0.05, 0.1) is 0 Å². The topological polar surface area (TPSA) is 71.2 Å². The summed E-state index contributed by atoms with van der Waals surface area (Å²) < 4.78 is 4.14. The SMILES string of the molecule is CNC(=O)c1c(N)nsc1N1CC(C)CCC1C. The van der Waals surface area contributed by atoms with Gasteiger partial charge in [-0.25, -0.2) is 0 Å². The van der Waals surface area contributed by atoms with Crippen LogP contribution in [-0.2, 0) is 0 Å². The molecule has 2 rings (SSSR count). The van der Waals surface area contributed by atoms with Crippen molar-refractivity contribution in [2.45, 2.75) is 32.7 Å². The number of amides is 1.